The third-order valence-corrected chi connectivity index (χ3v) is 9.44. The predicted octanol–water partition coefficient (Wildman–Crippen LogP) is 4.73. The molecule has 0 aromatic heterocycles. The average Bonchev–Trinajstić information content (AvgIpc) is 3.10. The van der Waals surface area contributed by atoms with Crippen molar-refractivity contribution < 1.29 is 32.9 Å². The zero-order valence-corrected chi connectivity index (χ0v) is 27.4. The molecule has 2 aliphatic rings. The number of likely N-dealkylation sites (N-methyl/N-ethyl adjacent to an activating group) is 1. The van der Waals surface area contributed by atoms with E-state index in [0.717, 1.165) is 24.2 Å². The minimum atomic E-state index is -0.852. The first-order valence-corrected chi connectivity index (χ1v) is 15.7. The van der Waals surface area contributed by atoms with Gasteiger partial charge >= 0.3 is 0 Å². The van der Waals surface area contributed by atoms with Crippen LogP contribution >= 0.6 is 0 Å². The van der Waals surface area contributed by atoms with E-state index in [-0.39, 0.29) is 24.2 Å². The molecular weight excluding hydrogens is 589 g/mol. The van der Waals surface area contributed by atoms with Gasteiger partial charge in [0.25, 0.3) is 5.91 Å². The maximum atomic E-state index is 14.0. The Bertz CT molecular complexity index is 1480. The summed E-state index contributed by atoms with van der Waals surface area (Å²) in [5, 5.41) is 0. The summed E-state index contributed by atoms with van der Waals surface area (Å²) >= 11 is 0. The van der Waals surface area contributed by atoms with Gasteiger partial charge in [-0.2, -0.15) is 0 Å². The summed E-state index contributed by atoms with van der Waals surface area (Å²) in [5.74, 6) is 0.799. The number of ether oxygens (including phenoxy) is 4. The van der Waals surface area contributed by atoms with Crippen molar-refractivity contribution in [1.82, 2.24) is 14.7 Å². The number of carbonyl (C=O) groups excluding carboxylic acids is 2. The van der Waals surface area contributed by atoms with E-state index in [1.54, 1.807) is 34.1 Å². The fourth-order valence-electron chi connectivity index (χ4n) is 6.88. The van der Waals surface area contributed by atoms with Gasteiger partial charge in [0.05, 0.1) is 39.9 Å². The molecule has 0 aliphatic carbocycles. The van der Waals surface area contributed by atoms with Crippen molar-refractivity contribution >= 4 is 11.8 Å². The number of likely N-dealkylation sites (tertiary alicyclic amines) is 1. The minimum absolute atomic E-state index is 0.123. The van der Waals surface area contributed by atoms with Gasteiger partial charge in [0.15, 0.2) is 11.5 Å². The molecule has 2 amide bonds. The third-order valence-electron chi connectivity index (χ3n) is 9.44. The van der Waals surface area contributed by atoms with Crippen LogP contribution in [0.2, 0.25) is 0 Å². The Morgan fingerprint density at radius 3 is 2.07 bits per heavy atom. The molecule has 0 radical (unpaired) electrons. The monoisotopic (exact) mass is 633 g/mol. The van der Waals surface area contributed by atoms with Gasteiger partial charge in [-0.15, -0.1) is 0 Å². The number of methoxy groups -OCH3 is 3. The normalized spacial score (nSPS) is 19.7. The van der Waals surface area contributed by atoms with Gasteiger partial charge in [0, 0.05) is 32.7 Å². The predicted molar refractivity (Wildman–Crippen MR) is 173 cm³/mol. The van der Waals surface area contributed by atoms with Crippen molar-refractivity contribution in [2.45, 2.75) is 30.3 Å². The maximum absolute atomic E-state index is 14.0. The molecule has 0 spiro atoms. The number of benzene rings is 3. The standard InChI is InChI=1S/C36H44FN3O6/c1-38(2)34(42)35(27-9-7-6-8-10-27)15-18-39(19-16-35)20-17-36(28-11-13-29(37)14-12-28)25-40(21-22-46-36)33(41)26-23-30(43-3)32(45-5)31(24-26)44-4/h6-14,23-24H,15-22,25H2,1-5H3. The molecule has 1 atom stereocenters. The Kier molecular flexibility index (Phi) is 10.2. The zero-order valence-electron chi connectivity index (χ0n) is 27.4. The van der Waals surface area contributed by atoms with E-state index >= 15 is 0 Å². The number of morpholine rings is 1. The fourth-order valence-corrected chi connectivity index (χ4v) is 6.88. The van der Waals surface area contributed by atoms with Gasteiger partial charge in [-0.05, 0) is 67.7 Å². The van der Waals surface area contributed by atoms with E-state index < -0.39 is 11.0 Å². The van der Waals surface area contributed by atoms with E-state index in [4.69, 9.17) is 18.9 Å². The van der Waals surface area contributed by atoms with Crippen molar-refractivity contribution in [2.75, 3.05) is 74.8 Å². The number of halogens is 1. The highest BCUT2D eigenvalue weighted by Gasteiger charge is 2.45. The third kappa shape index (κ3) is 6.55. The highest BCUT2D eigenvalue weighted by atomic mass is 19.1. The molecule has 9 nitrogen and oxygen atoms in total. The molecule has 10 heteroatoms. The zero-order chi connectivity index (χ0) is 32.9. The summed E-state index contributed by atoms with van der Waals surface area (Å²) in [5.41, 5.74) is 0.849. The summed E-state index contributed by atoms with van der Waals surface area (Å²) in [4.78, 5) is 33.3. The lowest BCUT2D eigenvalue weighted by Crippen LogP contribution is -2.54. The average molecular weight is 634 g/mol. The maximum Gasteiger partial charge on any atom is 0.254 e. The first-order valence-electron chi connectivity index (χ1n) is 15.7. The largest absolute Gasteiger partial charge is 0.493 e. The van der Waals surface area contributed by atoms with Gasteiger partial charge in [-0.1, -0.05) is 42.5 Å². The van der Waals surface area contributed by atoms with E-state index in [2.05, 4.69) is 17.0 Å². The van der Waals surface area contributed by atoms with Gasteiger partial charge in [0.2, 0.25) is 11.7 Å². The molecule has 0 bridgehead atoms. The van der Waals surface area contributed by atoms with Gasteiger partial charge in [-0.25, -0.2) is 4.39 Å². The van der Waals surface area contributed by atoms with Crippen molar-refractivity contribution in [3.8, 4) is 17.2 Å². The van der Waals surface area contributed by atoms with Gasteiger partial charge < -0.3 is 33.6 Å². The number of amides is 2. The molecule has 2 saturated heterocycles. The lowest BCUT2D eigenvalue weighted by atomic mass is 9.71. The number of hydrogen-bond donors (Lipinski definition) is 0. The molecule has 1 unspecified atom stereocenters. The minimum Gasteiger partial charge on any atom is -0.493 e. The Labute approximate surface area is 270 Å². The molecule has 0 N–H and O–H groups in total. The van der Waals surface area contributed by atoms with Crippen LogP contribution in [0.25, 0.3) is 0 Å². The fraction of sp³-hybridized carbons (Fsp3) is 0.444. The van der Waals surface area contributed by atoms with E-state index in [0.29, 0.717) is 61.8 Å². The van der Waals surface area contributed by atoms with Crippen molar-refractivity contribution in [3.05, 3.63) is 89.2 Å². The molecule has 2 fully saturated rings. The van der Waals surface area contributed by atoms with Crippen LogP contribution in [0.15, 0.2) is 66.7 Å². The second-order valence-electron chi connectivity index (χ2n) is 12.2. The molecule has 246 valence electrons. The molecular formula is C36H44FN3O6. The first-order chi connectivity index (χ1) is 22.2. The Morgan fingerprint density at radius 2 is 1.50 bits per heavy atom. The molecule has 2 aliphatic heterocycles. The van der Waals surface area contributed by atoms with Crippen LogP contribution in [0, 0.1) is 5.82 Å². The summed E-state index contributed by atoms with van der Waals surface area (Å²) in [6, 6.07) is 19.7. The smallest absolute Gasteiger partial charge is 0.254 e. The second kappa shape index (κ2) is 14.1. The number of nitrogens with zero attached hydrogens (tertiary/aromatic N) is 3. The van der Waals surface area contributed by atoms with Crippen LogP contribution in [0.4, 0.5) is 4.39 Å². The number of rotatable bonds is 10. The van der Waals surface area contributed by atoms with Gasteiger partial charge in [-0.3, -0.25) is 9.59 Å². The molecule has 3 aromatic carbocycles. The van der Waals surface area contributed by atoms with Crippen LogP contribution in [-0.4, -0.2) is 101 Å². The molecule has 5 rings (SSSR count). The molecule has 2 heterocycles. The van der Waals surface area contributed by atoms with Gasteiger partial charge in [0.1, 0.15) is 11.4 Å². The van der Waals surface area contributed by atoms with E-state index in [1.165, 1.54) is 33.5 Å². The van der Waals surface area contributed by atoms with Crippen LogP contribution in [-0.2, 0) is 20.5 Å². The highest BCUT2D eigenvalue weighted by Crippen LogP contribution is 2.41. The first kappa shape index (κ1) is 33.2. The number of carbonyl (C=O) groups is 2. The van der Waals surface area contributed by atoms with E-state index in [9.17, 15) is 14.0 Å². The molecule has 46 heavy (non-hydrogen) atoms. The number of piperidine rings is 1. The van der Waals surface area contributed by atoms with Crippen molar-refractivity contribution in [3.63, 3.8) is 0 Å². The summed E-state index contributed by atoms with van der Waals surface area (Å²) in [6.07, 6.45) is 1.98. The van der Waals surface area contributed by atoms with Crippen LogP contribution in [0.5, 0.6) is 17.2 Å². The summed E-state index contributed by atoms with van der Waals surface area (Å²) < 4.78 is 37.0. The summed E-state index contributed by atoms with van der Waals surface area (Å²) in [6.45, 7) is 3.17. The van der Waals surface area contributed by atoms with Crippen LogP contribution < -0.4 is 14.2 Å². The lowest BCUT2D eigenvalue weighted by molar-refractivity contribution is -0.137. The second-order valence-corrected chi connectivity index (χ2v) is 12.2. The number of hydrogen-bond acceptors (Lipinski definition) is 7. The molecule has 0 saturated carbocycles. The Hall–Kier alpha value is -4.15. The summed E-state index contributed by atoms with van der Waals surface area (Å²) in [7, 11) is 8.18. The molecule has 3 aromatic rings. The Morgan fingerprint density at radius 1 is 0.870 bits per heavy atom. The van der Waals surface area contributed by atoms with Crippen LogP contribution in [0.3, 0.4) is 0 Å². The Balaban J connectivity index is 1.37. The highest BCUT2D eigenvalue weighted by molar-refractivity contribution is 5.96. The lowest BCUT2D eigenvalue weighted by Gasteiger charge is -2.46. The van der Waals surface area contributed by atoms with Crippen molar-refractivity contribution in [2.24, 2.45) is 0 Å². The SMILES string of the molecule is COc1cc(C(=O)N2CCOC(CCN3CCC(C(=O)N(C)C)(c4ccccc4)CC3)(c3ccc(F)cc3)C2)cc(OC)c1OC. The van der Waals surface area contributed by atoms with Crippen molar-refractivity contribution in [1.29, 1.82) is 0 Å². The van der Waals surface area contributed by atoms with E-state index in [1.807, 2.05) is 32.3 Å². The quantitative estimate of drug-likeness (QED) is 0.320. The van der Waals surface area contributed by atoms with Crippen LogP contribution in [0.1, 0.15) is 40.7 Å². The topological polar surface area (TPSA) is 80.8 Å².